The molecule has 5 rings (SSSR count). The van der Waals surface area contributed by atoms with Crippen LogP contribution in [0.3, 0.4) is 0 Å². The summed E-state index contributed by atoms with van der Waals surface area (Å²) in [6, 6.07) is 19.3. The predicted octanol–water partition coefficient (Wildman–Crippen LogP) is 5.37. The van der Waals surface area contributed by atoms with Gasteiger partial charge in [0.15, 0.2) is 0 Å². The number of benzene rings is 3. The molecule has 3 aromatic carbocycles. The lowest BCUT2D eigenvalue weighted by atomic mass is 10.0. The van der Waals surface area contributed by atoms with Crippen molar-refractivity contribution in [3.8, 4) is 17.3 Å². The summed E-state index contributed by atoms with van der Waals surface area (Å²) in [6.45, 7) is 3.90. The van der Waals surface area contributed by atoms with Crippen molar-refractivity contribution in [3.05, 3.63) is 104 Å². The van der Waals surface area contributed by atoms with Crippen LogP contribution < -0.4 is 15.6 Å². The van der Waals surface area contributed by atoms with Gasteiger partial charge in [0.25, 0.3) is 5.56 Å². The number of carbonyl (C=O) groups excluding carboxylic acids is 2. The van der Waals surface area contributed by atoms with Crippen molar-refractivity contribution in [2.75, 3.05) is 11.9 Å². The van der Waals surface area contributed by atoms with Gasteiger partial charge in [-0.05, 0) is 73.5 Å². The fourth-order valence-electron chi connectivity index (χ4n) is 4.43. The molecule has 0 saturated carbocycles. The van der Waals surface area contributed by atoms with Crippen molar-refractivity contribution in [3.63, 3.8) is 0 Å². The van der Waals surface area contributed by atoms with Crippen LogP contribution in [0.2, 0.25) is 5.02 Å². The summed E-state index contributed by atoms with van der Waals surface area (Å²) in [5, 5.41) is 3.38. The molecule has 0 atom stereocenters. The number of halogens is 1. The third-order valence-electron chi connectivity index (χ3n) is 6.34. The normalized spacial score (nSPS) is 11.8. The Morgan fingerprint density at radius 2 is 1.76 bits per heavy atom. The molecule has 1 N–H and O–H groups in total. The van der Waals surface area contributed by atoms with E-state index in [4.69, 9.17) is 21.1 Å². The molecule has 8 nitrogen and oxygen atoms in total. The number of nitrogens with one attached hydrogen (secondary N) is 1. The van der Waals surface area contributed by atoms with Crippen LogP contribution in [0.1, 0.15) is 40.9 Å². The topological polar surface area (TPSA) is 91.6 Å². The number of nitrogens with zero attached hydrogens (tertiary/aromatic N) is 2. The van der Waals surface area contributed by atoms with E-state index >= 15 is 0 Å². The van der Waals surface area contributed by atoms with E-state index in [-0.39, 0.29) is 24.6 Å². The summed E-state index contributed by atoms with van der Waals surface area (Å²) >= 11 is 6.17. The largest absolute Gasteiger partial charge is 0.462 e. The number of amides is 1. The summed E-state index contributed by atoms with van der Waals surface area (Å²) < 4.78 is 14.2. The van der Waals surface area contributed by atoms with Gasteiger partial charge in [0.1, 0.15) is 12.3 Å². The molecule has 4 aromatic rings. The number of fused-ring (bicyclic) bond motifs is 2. The van der Waals surface area contributed by atoms with Gasteiger partial charge in [0, 0.05) is 22.7 Å². The smallest absolute Gasteiger partial charge is 0.338 e. The minimum Gasteiger partial charge on any atom is -0.462 e. The molecule has 9 heteroatoms. The van der Waals surface area contributed by atoms with Gasteiger partial charge in [-0.3, -0.25) is 9.59 Å². The number of rotatable bonds is 7. The van der Waals surface area contributed by atoms with Crippen molar-refractivity contribution < 1.29 is 19.1 Å². The molecular weight excluding hydrogens is 506 g/mol. The van der Waals surface area contributed by atoms with Crippen molar-refractivity contribution in [1.82, 2.24) is 9.36 Å². The van der Waals surface area contributed by atoms with Crippen LogP contribution in [0.4, 0.5) is 5.69 Å². The van der Waals surface area contributed by atoms with Crippen LogP contribution in [0.5, 0.6) is 11.6 Å². The molecule has 0 aliphatic carbocycles. The van der Waals surface area contributed by atoms with Gasteiger partial charge in [0.05, 0.1) is 23.4 Å². The molecule has 1 aromatic heterocycles. The second kappa shape index (κ2) is 10.6. The minimum atomic E-state index is -0.429. The second-order valence-corrected chi connectivity index (χ2v) is 9.29. The number of hydrogen-bond donors (Lipinski definition) is 1. The molecule has 0 spiro atoms. The SMILES string of the molecule is CCOC(=O)c1ccc(NC(=O)Cn2c3c(c(=O)n2-c2ccc(CC)cc2)Cc2cc(Cl)ccc2O3)cc1. The molecule has 1 aliphatic rings. The van der Waals surface area contributed by atoms with Crippen LogP contribution >= 0.6 is 11.6 Å². The average Bonchev–Trinajstić information content (AvgIpc) is 3.18. The zero-order valence-electron chi connectivity index (χ0n) is 21.0. The monoisotopic (exact) mass is 531 g/mol. The Bertz CT molecular complexity index is 1570. The minimum absolute atomic E-state index is 0.178. The first-order valence-corrected chi connectivity index (χ1v) is 12.7. The van der Waals surface area contributed by atoms with E-state index in [1.165, 1.54) is 4.68 Å². The van der Waals surface area contributed by atoms with Crippen molar-refractivity contribution >= 4 is 29.2 Å². The first kappa shape index (κ1) is 25.4. The number of carbonyl (C=O) groups is 2. The average molecular weight is 532 g/mol. The fraction of sp³-hybridized carbons (Fsp3) is 0.207. The highest BCUT2D eigenvalue weighted by molar-refractivity contribution is 6.30. The maximum atomic E-state index is 13.6. The van der Waals surface area contributed by atoms with E-state index in [1.54, 1.807) is 54.1 Å². The highest BCUT2D eigenvalue weighted by atomic mass is 35.5. The summed E-state index contributed by atoms with van der Waals surface area (Å²) in [4.78, 5) is 38.7. The summed E-state index contributed by atoms with van der Waals surface area (Å²) in [5.74, 6) is 0.110. The van der Waals surface area contributed by atoms with Crippen LogP contribution in [0, 0.1) is 0 Å². The van der Waals surface area contributed by atoms with E-state index in [9.17, 15) is 14.4 Å². The van der Waals surface area contributed by atoms with E-state index in [1.807, 2.05) is 24.3 Å². The second-order valence-electron chi connectivity index (χ2n) is 8.86. The fourth-order valence-corrected chi connectivity index (χ4v) is 4.63. The highest BCUT2D eigenvalue weighted by Crippen LogP contribution is 2.37. The lowest BCUT2D eigenvalue weighted by Gasteiger charge is -2.20. The Labute approximate surface area is 224 Å². The quantitative estimate of drug-likeness (QED) is 0.285. The van der Waals surface area contributed by atoms with Crippen LogP contribution in [0.15, 0.2) is 71.5 Å². The molecule has 2 heterocycles. The first-order chi connectivity index (χ1) is 18.4. The summed E-state index contributed by atoms with van der Waals surface area (Å²) in [7, 11) is 0. The maximum absolute atomic E-state index is 13.6. The van der Waals surface area contributed by atoms with Crippen molar-refractivity contribution in [1.29, 1.82) is 0 Å². The number of anilines is 1. The van der Waals surface area contributed by atoms with E-state index < -0.39 is 5.97 Å². The van der Waals surface area contributed by atoms with Gasteiger partial charge in [0.2, 0.25) is 11.8 Å². The van der Waals surface area contributed by atoms with Gasteiger partial charge >= 0.3 is 5.97 Å². The first-order valence-electron chi connectivity index (χ1n) is 12.3. The molecular formula is C29H26ClN3O5. The van der Waals surface area contributed by atoms with Crippen LogP contribution in [0.25, 0.3) is 5.69 Å². The molecule has 194 valence electrons. The van der Waals surface area contributed by atoms with Gasteiger partial charge < -0.3 is 14.8 Å². The lowest BCUT2D eigenvalue weighted by molar-refractivity contribution is -0.117. The van der Waals surface area contributed by atoms with Gasteiger partial charge in [-0.15, -0.1) is 0 Å². The molecule has 0 fully saturated rings. The third-order valence-corrected chi connectivity index (χ3v) is 6.58. The number of esters is 1. The molecule has 1 aliphatic heterocycles. The van der Waals surface area contributed by atoms with Crippen molar-refractivity contribution in [2.45, 2.75) is 33.2 Å². The Morgan fingerprint density at radius 3 is 2.45 bits per heavy atom. The van der Waals surface area contributed by atoms with Gasteiger partial charge in [-0.2, -0.15) is 0 Å². The molecule has 0 bridgehead atoms. The Hall–Kier alpha value is -4.30. The van der Waals surface area contributed by atoms with Crippen LogP contribution in [-0.4, -0.2) is 27.8 Å². The standard InChI is InChI=1S/C29H26ClN3O5/c1-3-18-5-12-23(13-6-18)33-27(35)24-16-20-15-21(30)9-14-25(20)38-28(24)32(33)17-26(34)31-22-10-7-19(8-11-22)29(36)37-4-2/h5-15H,3-4,16-17H2,1-2H3,(H,31,34). The van der Waals surface area contributed by atoms with E-state index in [0.717, 1.165) is 17.5 Å². The Morgan fingerprint density at radius 1 is 1.03 bits per heavy atom. The van der Waals surface area contributed by atoms with Gasteiger partial charge in [-0.1, -0.05) is 30.7 Å². The van der Waals surface area contributed by atoms with E-state index in [0.29, 0.717) is 45.6 Å². The molecule has 0 unspecified atom stereocenters. The molecule has 0 radical (unpaired) electrons. The van der Waals surface area contributed by atoms with Crippen molar-refractivity contribution in [2.24, 2.45) is 0 Å². The zero-order valence-corrected chi connectivity index (χ0v) is 21.7. The summed E-state index contributed by atoms with van der Waals surface area (Å²) in [6.07, 6.45) is 1.20. The van der Waals surface area contributed by atoms with Gasteiger partial charge in [-0.25, -0.2) is 14.2 Å². The molecule has 1 amide bonds. The highest BCUT2D eigenvalue weighted by Gasteiger charge is 2.29. The molecule has 38 heavy (non-hydrogen) atoms. The predicted molar refractivity (Wildman–Crippen MR) is 145 cm³/mol. The third kappa shape index (κ3) is 4.95. The number of ether oxygens (including phenoxy) is 2. The summed E-state index contributed by atoms with van der Waals surface area (Å²) in [5.41, 5.74) is 3.64. The number of hydrogen-bond acceptors (Lipinski definition) is 5. The Kier molecular flexibility index (Phi) is 7.07. The Balaban J connectivity index is 1.48. The zero-order chi connectivity index (χ0) is 26.8. The maximum Gasteiger partial charge on any atom is 0.338 e. The number of aromatic nitrogens is 2. The lowest BCUT2D eigenvalue weighted by Crippen LogP contribution is -2.27. The molecule has 0 saturated heterocycles. The number of aryl methyl sites for hydroxylation is 1. The van der Waals surface area contributed by atoms with Crippen LogP contribution in [-0.2, 0) is 28.9 Å². The van der Waals surface area contributed by atoms with E-state index in [2.05, 4.69) is 12.2 Å².